The molecule has 2 rings (SSSR count). The average molecular weight is 307 g/mol. The number of halogens is 2. The fourth-order valence-corrected chi connectivity index (χ4v) is 2.25. The minimum absolute atomic E-state index is 0.200. The second kappa shape index (κ2) is 6.60. The third-order valence-corrected chi connectivity index (χ3v) is 3.34. The molecule has 0 aliphatic heterocycles. The molecule has 0 amide bonds. The zero-order chi connectivity index (χ0) is 14.5. The fourth-order valence-electron chi connectivity index (χ4n) is 1.70. The Hall–Kier alpha value is -1.77. The van der Waals surface area contributed by atoms with Crippen LogP contribution in [-0.2, 0) is 0 Å². The molecule has 102 valence electrons. The Balaban J connectivity index is 2.28. The van der Waals surface area contributed by atoms with Crippen LogP contribution in [0.15, 0.2) is 48.5 Å². The summed E-state index contributed by atoms with van der Waals surface area (Å²) in [5, 5.41) is 0.680. The van der Waals surface area contributed by atoms with Gasteiger partial charge in [-0.15, -0.1) is 0 Å². The lowest BCUT2D eigenvalue weighted by atomic mass is 10.1. The number of hydrogen-bond donors (Lipinski definition) is 0. The molecule has 0 aliphatic carbocycles. The summed E-state index contributed by atoms with van der Waals surface area (Å²) in [6.07, 6.45) is 3.21. The van der Waals surface area contributed by atoms with Crippen LogP contribution in [0.25, 0.3) is 6.08 Å². The van der Waals surface area contributed by atoms with Crippen molar-refractivity contribution in [1.29, 1.82) is 0 Å². The number of methoxy groups -OCH3 is 1. The first-order valence-electron chi connectivity index (χ1n) is 5.92. The summed E-state index contributed by atoms with van der Waals surface area (Å²) in [7, 11) is 1.49. The zero-order valence-corrected chi connectivity index (χ0v) is 12.3. The van der Waals surface area contributed by atoms with Gasteiger partial charge in [0, 0.05) is 5.56 Å². The minimum Gasteiger partial charge on any atom is -0.495 e. The highest BCUT2D eigenvalue weighted by atomic mass is 35.5. The van der Waals surface area contributed by atoms with Crippen molar-refractivity contribution in [1.82, 2.24) is 0 Å². The SMILES string of the molecule is COc1cc(C(=O)/C=C/c2ccccc2)c(Cl)cc1Cl. The molecule has 0 atom stereocenters. The third-order valence-electron chi connectivity index (χ3n) is 2.73. The zero-order valence-electron chi connectivity index (χ0n) is 10.8. The van der Waals surface area contributed by atoms with E-state index in [9.17, 15) is 4.79 Å². The van der Waals surface area contributed by atoms with E-state index in [1.807, 2.05) is 30.3 Å². The Morgan fingerprint density at radius 2 is 1.80 bits per heavy atom. The average Bonchev–Trinajstić information content (AvgIpc) is 2.46. The lowest BCUT2D eigenvalue weighted by Gasteiger charge is -2.06. The fraction of sp³-hybridized carbons (Fsp3) is 0.0625. The molecular weight excluding hydrogens is 295 g/mol. The molecule has 0 saturated carbocycles. The summed E-state index contributed by atoms with van der Waals surface area (Å²) in [5.41, 5.74) is 1.30. The topological polar surface area (TPSA) is 26.3 Å². The number of ketones is 1. The number of benzene rings is 2. The van der Waals surface area contributed by atoms with Crippen LogP contribution in [-0.4, -0.2) is 12.9 Å². The van der Waals surface area contributed by atoms with Gasteiger partial charge in [0.2, 0.25) is 0 Å². The number of allylic oxidation sites excluding steroid dienone is 1. The Morgan fingerprint density at radius 3 is 2.45 bits per heavy atom. The molecule has 0 bridgehead atoms. The lowest BCUT2D eigenvalue weighted by molar-refractivity contribution is 0.104. The third kappa shape index (κ3) is 3.41. The highest BCUT2D eigenvalue weighted by molar-refractivity contribution is 6.38. The van der Waals surface area contributed by atoms with E-state index in [1.54, 1.807) is 12.1 Å². The van der Waals surface area contributed by atoms with Gasteiger partial charge < -0.3 is 4.74 Å². The predicted octanol–water partition coefficient (Wildman–Crippen LogP) is 4.90. The summed E-state index contributed by atoms with van der Waals surface area (Å²) in [6.45, 7) is 0. The second-order valence-corrected chi connectivity index (χ2v) is 4.89. The summed E-state index contributed by atoms with van der Waals surface area (Å²) >= 11 is 12.0. The van der Waals surface area contributed by atoms with Crippen molar-refractivity contribution in [2.75, 3.05) is 7.11 Å². The van der Waals surface area contributed by atoms with Gasteiger partial charge in [-0.3, -0.25) is 4.79 Å². The Bertz CT molecular complexity index is 649. The largest absolute Gasteiger partial charge is 0.495 e. The van der Waals surface area contributed by atoms with E-state index >= 15 is 0 Å². The van der Waals surface area contributed by atoms with E-state index < -0.39 is 0 Å². The van der Waals surface area contributed by atoms with Crippen LogP contribution >= 0.6 is 23.2 Å². The molecule has 0 radical (unpaired) electrons. The van der Waals surface area contributed by atoms with Gasteiger partial charge >= 0.3 is 0 Å². The molecule has 0 spiro atoms. The highest BCUT2D eigenvalue weighted by Gasteiger charge is 2.12. The Kier molecular flexibility index (Phi) is 4.83. The lowest BCUT2D eigenvalue weighted by Crippen LogP contribution is -1.97. The van der Waals surface area contributed by atoms with Crippen molar-refractivity contribution in [3.8, 4) is 5.75 Å². The number of rotatable bonds is 4. The summed E-state index contributed by atoms with van der Waals surface area (Å²) in [5.74, 6) is 0.223. The number of carbonyl (C=O) groups excluding carboxylic acids is 1. The Morgan fingerprint density at radius 1 is 1.10 bits per heavy atom. The van der Waals surface area contributed by atoms with Gasteiger partial charge in [0.15, 0.2) is 5.78 Å². The van der Waals surface area contributed by atoms with Crippen LogP contribution in [0.2, 0.25) is 10.0 Å². The van der Waals surface area contributed by atoms with E-state index in [-0.39, 0.29) is 5.78 Å². The van der Waals surface area contributed by atoms with Gasteiger partial charge in [0.1, 0.15) is 5.75 Å². The molecule has 0 heterocycles. The van der Waals surface area contributed by atoms with E-state index in [1.165, 1.54) is 19.3 Å². The number of ether oxygens (including phenoxy) is 1. The van der Waals surface area contributed by atoms with Crippen LogP contribution in [0.3, 0.4) is 0 Å². The quantitative estimate of drug-likeness (QED) is 0.593. The molecule has 0 fully saturated rings. The standard InChI is InChI=1S/C16H12Cl2O2/c1-20-16-9-12(13(17)10-14(16)18)15(19)8-7-11-5-3-2-4-6-11/h2-10H,1H3/b8-7+. The van der Waals surface area contributed by atoms with Crippen molar-refractivity contribution < 1.29 is 9.53 Å². The van der Waals surface area contributed by atoms with Gasteiger partial charge in [0.25, 0.3) is 0 Å². The first kappa shape index (κ1) is 14.6. The molecule has 2 nitrogen and oxygen atoms in total. The van der Waals surface area contributed by atoms with Gasteiger partial charge in [-0.2, -0.15) is 0 Å². The molecule has 0 N–H and O–H groups in total. The smallest absolute Gasteiger partial charge is 0.187 e. The first-order valence-corrected chi connectivity index (χ1v) is 6.68. The van der Waals surface area contributed by atoms with Crippen molar-refractivity contribution >= 4 is 35.1 Å². The molecular formula is C16H12Cl2O2. The second-order valence-electron chi connectivity index (χ2n) is 4.07. The van der Waals surface area contributed by atoms with E-state index in [0.717, 1.165) is 5.56 Å². The molecule has 0 unspecified atom stereocenters. The minimum atomic E-state index is -0.200. The summed E-state index contributed by atoms with van der Waals surface area (Å²) in [6, 6.07) is 12.6. The highest BCUT2D eigenvalue weighted by Crippen LogP contribution is 2.31. The van der Waals surface area contributed by atoms with Crippen molar-refractivity contribution in [3.05, 3.63) is 69.7 Å². The van der Waals surface area contributed by atoms with Crippen LogP contribution in [0.5, 0.6) is 5.75 Å². The molecule has 0 saturated heterocycles. The van der Waals surface area contributed by atoms with Crippen LogP contribution in [0.4, 0.5) is 0 Å². The monoisotopic (exact) mass is 306 g/mol. The molecule has 0 aliphatic rings. The normalized spacial score (nSPS) is 10.8. The van der Waals surface area contributed by atoms with E-state index in [4.69, 9.17) is 27.9 Å². The maximum absolute atomic E-state index is 12.1. The van der Waals surface area contributed by atoms with Gasteiger partial charge in [-0.1, -0.05) is 59.6 Å². The molecule has 2 aromatic carbocycles. The molecule has 2 aromatic rings. The van der Waals surface area contributed by atoms with Crippen molar-refractivity contribution in [3.63, 3.8) is 0 Å². The van der Waals surface area contributed by atoms with Crippen LogP contribution in [0.1, 0.15) is 15.9 Å². The first-order chi connectivity index (χ1) is 9.61. The van der Waals surface area contributed by atoms with Crippen LogP contribution in [0, 0.1) is 0 Å². The van der Waals surface area contributed by atoms with Gasteiger partial charge in [-0.05, 0) is 23.8 Å². The van der Waals surface area contributed by atoms with Gasteiger partial charge in [-0.25, -0.2) is 0 Å². The maximum atomic E-state index is 12.1. The van der Waals surface area contributed by atoms with E-state index in [2.05, 4.69) is 0 Å². The number of carbonyl (C=O) groups is 1. The summed E-state index contributed by atoms with van der Waals surface area (Å²) < 4.78 is 5.09. The summed E-state index contributed by atoms with van der Waals surface area (Å²) in [4.78, 5) is 12.1. The molecule has 4 heteroatoms. The van der Waals surface area contributed by atoms with Crippen molar-refractivity contribution in [2.45, 2.75) is 0 Å². The maximum Gasteiger partial charge on any atom is 0.187 e. The molecule has 20 heavy (non-hydrogen) atoms. The van der Waals surface area contributed by atoms with Crippen molar-refractivity contribution in [2.24, 2.45) is 0 Å². The number of hydrogen-bond acceptors (Lipinski definition) is 2. The van der Waals surface area contributed by atoms with E-state index in [0.29, 0.717) is 21.4 Å². The predicted molar refractivity (Wildman–Crippen MR) is 82.8 cm³/mol. The van der Waals surface area contributed by atoms with Crippen LogP contribution < -0.4 is 4.74 Å². The Labute approximate surface area is 127 Å². The molecule has 0 aromatic heterocycles. The van der Waals surface area contributed by atoms with Gasteiger partial charge in [0.05, 0.1) is 17.2 Å².